The highest BCUT2D eigenvalue weighted by molar-refractivity contribution is 7.19. The number of hydrogen-bond donors (Lipinski definition) is 2. The van der Waals surface area contributed by atoms with E-state index in [1.165, 1.54) is 11.3 Å². The van der Waals surface area contributed by atoms with Gasteiger partial charge in [-0.2, -0.15) is 13.2 Å². The van der Waals surface area contributed by atoms with Crippen LogP contribution in [-0.4, -0.2) is 46.5 Å². The zero-order valence-electron chi connectivity index (χ0n) is 15.5. The van der Waals surface area contributed by atoms with Crippen molar-refractivity contribution in [3.8, 4) is 10.4 Å². The molecule has 154 valence electrons. The molecule has 0 spiro atoms. The lowest BCUT2D eigenvalue weighted by Gasteiger charge is -2.27. The maximum absolute atomic E-state index is 13.3. The Hall–Kier alpha value is -2.62. The van der Waals surface area contributed by atoms with Gasteiger partial charge in [-0.3, -0.25) is 9.59 Å². The molecule has 2 aromatic rings. The number of aryl methyl sites for hydroxylation is 1. The first-order valence-electron chi connectivity index (χ1n) is 9.16. The molecule has 1 saturated heterocycles. The molecule has 3 atom stereocenters. The van der Waals surface area contributed by atoms with Gasteiger partial charge in [-0.1, -0.05) is 41.2 Å². The summed E-state index contributed by atoms with van der Waals surface area (Å²) in [6.07, 6.45) is -3.57. The molecule has 2 aliphatic rings. The van der Waals surface area contributed by atoms with Gasteiger partial charge in [0.25, 0.3) is 5.91 Å². The third kappa shape index (κ3) is 3.81. The summed E-state index contributed by atoms with van der Waals surface area (Å²) in [5.74, 6) is -2.10. The number of nitrogen functional groups attached to an aromatic ring is 1. The molecule has 6 nitrogen and oxygen atoms in total. The minimum atomic E-state index is -4.95. The molecular weight excluding hydrogens is 405 g/mol. The fourth-order valence-corrected chi connectivity index (χ4v) is 4.77. The molecule has 1 aliphatic heterocycles. The Morgan fingerprint density at radius 3 is 2.79 bits per heavy atom. The van der Waals surface area contributed by atoms with Gasteiger partial charge in [-0.15, -0.1) is 0 Å². The van der Waals surface area contributed by atoms with E-state index in [0.29, 0.717) is 11.3 Å². The Labute approximate surface area is 168 Å². The van der Waals surface area contributed by atoms with Gasteiger partial charge in [0.05, 0.1) is 10.9 Å². The summed E-state index contributed by atoms with van der Waals surface area (Å²) in [6.45, 7) is 1.69. The number of halogens is 3. The van der Waals surface area contributed by atoms with Crippen LogP contribution in [-0.2, 0) is 4.79 Å². The smallest absolute Gasteiger partial charge is 0.375 e. The van der Waals surface area contributed by atoms with Crippen LogP contribution in [0.2, 0.25) is 0 Å². The van der Waals surface area contributed by atoms with Crippen LogP contribution in [0.1, 0.15) is 28.9 Å². The third-order valence-electron chi connectivity index (χ3n) is 5.33. The Morgan fingerprint density at radius 2 is 2.10 bits per heavy atom. The summed E-state index contributed by atoms with van der Waals surface area (Å²) >= 11 is 1.20. The molecule has 2 heterocycles. The number of aromatic nitrogens is 1. The fraction of sp³-hybridized carbons (Fsp3) is 0.421. The van der Waals surface area contributed by atoms with Gasteiger partial charge in [0.1, 0.15) is 5.69 Å². The Bertz CT molecular complexity index is 975. The van der Waals surface area contributed by atoms with Crippen molar-refractivity contribution >= 4 is 28.3 Å². The van der Waals surface area contributed by atoms with E-state index in [1.807, 2.05) is 36.5 Å². The number of nitrogens with zero attached hydrogens (tertiary/aromatic N) is 2. The standard InChI is InChI=1S/C19H19F3N4O2S/c1-9-3-2-4-10(5-9)15-14(25-18(23)29-15)16(27)26-12(6-11-7-13(11)26)8-24-17(28)19(20,21)22/h2-5,11-13H,6-8H2,1H3,(H2,23,25)(H,24,28)/t11-,12-,13-/m0/s1. The van der Waals surface area contributed by atoms with Crippen LogP contribution in [0.3, 0.4) is 0 Å². The minimum absolute atomic E-state index is 0.0245. The average Bonchev–Trinajstić information content (AvgIpc) is 3.13. The highest BCUT2D eigenvalue weighted by Crippen LogP contribution is 2.49. The van der Waals surface area contributed by atoms with Gasteiger partial charge < -0.3 is 16.0 Å². The predicted octanol–water partition coefficient (Wildman–Crippen LogP) is 2.98. The molecule has 29 heavy (non-hydrogen) atoms. The van der Waals surface area contributed by atoms with E-state index >= 15 is 0 Å². The topological polar surface area (TPSA) is 88.3 Å². The summed E-state index contributed by atoms with van der Waals surface area (Å²) in [5, 5.41) is 2.15. The van der Waals surface area contributed by atoms with Crippen molar-refractivity contribution in [2.24, 2.45) is 5.92 Å². The molecule has 4 rings (SSSR count). The van der Waals surface area contributed by atoms with Crippen LogP contribution >= 0.6 is 11.3 Å². The van der Waals surface area contributed by atoms with E-state index in [2.05, 4.69) is 4.98 Å². The van der Waals surface area contributed by atoms with Crippen LogP contribution in [0.5, 0.6) is 0 Å². The maximum atomic E-state index is 13.3. The SMILES string of the molecule is Cc1cccc(-c2sc(N)nc2C(=O)N2[C@H](CNC(=O)C(F)(F)F)C[C@H]3C[C@@H]32)c1. The summed E-state index contributed by atoms with van der Waals surface area (Å²) in [5.41, 5.74) is 7.91. The van der Waals surface area contributed by atoms with Crippen molar-refractivity contribution in [2.45, 2.75) is 38.0 Å². The van der Waals surface area contributed by atoms with E-state index in [4.69, 9.17) is 5.73 Å². The van der Waals surface area contributed by atoms with Gasteiger partial charge in [-0.05, 0) is 31.2 Å². The number of likely N-dealkylation sites (tertiary alicyclic amines) is 1. The van der Waals surface area contributed by atoms with E-state index in [-0.39, 0.29) is 35.2 Å². The number of fused-ring (bicyclic) bond motifs is 1. The zero-order valence-corrected chi connectivity index (χ0v) is 16.3. The number of thiazole rings is 1. The van der Waals surface area contributed by atoms with E-state index in [0.717, 1.165) is 17.5 Å². The average molecular weight is 424 g/mol. The molecule has 1 aliphatic carbocycles. The quantitative estimate of drug-likeness (QED) is 0.790. The van der Waals surface area contributed by atoms with E-state index in [1.54, 1.807) is 4.90 Å². The number of carbonyl (C=O) groups excluding carboxylic acids is 2. The number of rotatable bonds is 4. The lowest BCUT2D eigenvalue weighted by atomic mass is 10.1. The maximum Gasteiger partial charge on any atom is 0.471 e. The number of benzene rings is 1. The largest absolute Gasteiger partial charge is 0.471 e. The molecule has 3 N–H and O–H groups in total. The van der Waals surface area contributed by atoms with Crippen molar-refractivity contribution in [1.82, 2.24) is 15.2 Å². The van der Waals surface area contributed by atoms with Gasteiger partial charge in [0.2, 0.25) is 0 Å². The number of carbonyl (C=O) groups is 2. The number of nitrogens with one attached hydrogen (secondary N) is 1. The molecule has 0 unspecified atom stereocenters. The van der Waals surface area contributed by atoms with Crippen molar-refractivity contribution in [3.63, 3.8) is 0 Å². The summed E-state index contributed by atoms with van der Waals surface area (Å²) in [6, 6.07) is 7.08. The molecule has 1 aromatic heterocycles. The number of hydrogen-bond acceptors (Lipinski definition) is 5. The monoisotopic (exact) mass is 424 g/mol. The number of nitrogens with two attached hydrogens (primary N) is 1. The second-order valence-corrected chi connectivity index (χ2v) is 8.50. The number of piperidine rings is 1. The van der Waals surface area contributed by atoms with Crippen LogP contribution in [0.15, 0.2) is 24.3 Å². The first-order valence-corrected chi connectivity index (χ1v) is 9.98. The minimum Gasteiger partial charge on any atom is -0.375 e. The summed E-state index contributed by atoms with van der Waals surface area (Å²) < 4.78 is 37.5. The Kier molecular flexibility index (Phi) is 4.76. The van der Waals surface area contributed by atoms with Crippen LogP contribution in [0, 0.1) is 12.8 Å². The fourth-order valence-electron chi connectivity index (χ4n) is 3.95. The van der Waals surface area contributed by atoms with Crippen molar-refractivity contribution in [2.75, 3.05) is 12.3 Å². The lowest BCUT2D eigenvalue weighted by Crippen LogP contribution is -2.48. The van der Waals surface area contributed by atoms with Crippen molar-refractivity contribution in [1.29, 1.82) is 0 Å². The lowest BCUT2D eigenvalue weighted by molar-refractivity contribution is -0.173. The van der Waals surface area contributed by atoms with E-state index in [9.17, 15) is 22.8 Å². The molecule has 1 saturated carbocycles. The summed E-state index contributed by atoms with van der Waals surface area (Å²) in [4.78, 5) is 30.9. The van der Waals surface area contributed by atoms with Gasteiger partial charge >= 0.3 is 12.1 Å². The highest BCUT2D eigenvalue weighted by Gasteiger charge is 2.54. The Morgan fingerprint density at radius 1 is 1.34 bits per heavy atom. The molecule has 0 bridgehead atoms. The number of alkyl halides is 3. The van der Waals surface area contributed by atoms with Gasteiger partial charge in [-0.25, -0.2) is 4.98 Å². The first-order chi connectivity index (χ1) is 13.6. The predicted molar refractivity (Wildman–Crippen MR) is 102 cm³/mol. The van der Waals surface area contributed by atoms with Gasteiger partial charge in [0.15, 0.2) is 5.13 Å². The molecule has 0 radical (unpaired) electrons. The molecule has 10 heteroatoms. The normalized spacial score (nSPS) is 23.0. The van der Waals surface area contributed by atoms with Crippen molar-refractivity contribution in [3.05, 3.63) is 35.5 Å². The third-order valence-corrected chi connectivity index (χ3v) is 6.26. The van der Waals surface area contributed by atoms with Gasteiger partial charge in [0, 0.05) is 12.6 Å². The number of anilines is 1. The molecular formula is C19H19F3N4O2S. The van der Waals surface area contributed by atoms with Crippen LogP contribution in [0.4, 0.5) is 18.3 Å². The molecule has 2 fully saturated rings. The Balaban J connectivity index is 1.58. The number of amides is 2. The second-order valence-electron chi connectivity index (χ2n) is 7.47. The highest BCUT2D eigenvalue weighted by atomic mass is 32.1. The van der Waals surface area contributed by atoms with E-state index < -0.39 is 18.1 Å². The van der Waals surface area contributed by atoms with Crippen LogP contribution < -0.4 is 11.1 Å². The van der Waals surface area contributed by atoms with Crippen LogP contribution in [0.25, 0.3) is 10.4 Å². The zero-order chi connectivity index (χ0) is 20.9. The molecule has 1 aromatic carbocycles. The second kappa shape index (κ2) is 7.01. The van der Waals surface area contributed by atoms with Crippen molar-refractivity contribution < 1.29 is 22.8 Å². The molecule has 2 amide bonds. The summed E-state index contributed by atoms with van der Waals surface area (Å²) in [7, 11) is 0. The first kappa shape index (κ1) is 19.7.